The predicted octanol–water partition coefficient (Wildman–Crippen LogP) is -0.384. The van der Waals surface area contributed by atoms with Gasteiger partial charge in [-0.05, 0) is 13.8 Å². The van der Waals surface area contributed by atoms with Crippen LogP contribution in [0, 0.1) is 0 Å². The van der Waals surface area contributed by atoms with Crippen molar-refractivity contribution >= 4 is 15.9 Å². The number of nitrogens with one attached hydrogen (secondary N) is 1. The zero-order chi connectivity index (χ0) is 15.1. The van der Waals surface area contributed by atoms with E-state index < -0.39 is 21.0 Å². The summed E-state index contributed by atoms with van der Waals surface area (Å²) in [6, 6.07) is 1.15. The van der Waals surface area contributed by atoms with Crippen LogP contribution in [0.1, 0.15) is 13.8 Å². The first-order chi connectivity index (χ1) is 9.19. The Morgan fingerprint density at radius 2 is 1.90 bits per heavy atom. The van der Waals surface area contributed by atoms with Gasteiger partial charge in [0.1, 0.15) is 10.4 Å². The largest absolute Gasteiger partial charge is 0.366 e. The zero-order valence-corrected chi connectivity index (χ0v) is 12.4. The van der Waals surface area contributed by atoms with Crippen LogP contribution in [0.25, 0.3) is 0 Å². The Hall–Kier alpha value is -1.67. The molecule has 0 aromatic carbocycles. The summed E-state index contributed by atoms with van der Waals surface area (Å²) >= 11 is 0. The van der Waals surface area contributed by atoms with Crippen LogP contribution in [-0.4, -0.2) is 54.2 Å². The Kier molecular flexibility index (Phi) is 3.47. The maximum absolute atomic E-state index is 12.6. The Bertz CT molecular complexity index is 693. The summed E-state index contributed by atoms with van der Waals surface area (Å²) in [5, 5.41) is 0. The molecular formula is C12H17N3O4S. The molecule has 1 N–H and O–H groups in total. The molecule has 2 rings (SSSR count). The zero-order valence-electron chi connectivity index (χ0n) is 11.6. The first-order valence-electron chi connectivity index (χ1n) is 6.14. The molecule has 20 heavy (non-hydrogen) atoms. The number of sulfonamides is 1. The summed E-state index contributed by atoms with van der Waals surface area (Å²) < 4.78 is 26.3. The molecule has 1 fully saturated rings. The number of piperazine rings is 1. The Morgan fingerprint density at radius 3 is 2.50 bits per heavy atom. The maximum Gasteiger partial charge on any atom is 0.249 e. The minimum Gasteiger partial charge on any atom is -0.366 e. The van der Waals surface area contributed by atoms with Crippen LogP contribution in [0.5, 0.6) is 0 Å². The van der Waals surface area contributed by atoms with E-state index in [2.05, 4.69) is 4.98 Å². The molecule has 1 aromatic rings. The summed E-state index contributed by atoms with van der Waals surface area (Å²) in [5.41, 5.74) is -1.81. The van der Waals surface area contributed by atoms with Crippen LogP contribution in [0.3, 0.4) is 0 Å². The van der Waals surface area contributed by atoms with Gasteiger partial charge in [0.15, 0.2) is 0 Å². The van der Waals surface area contributed by atoms with Gasteiger partial charge in [0.05, 0.1) is 0 Å². The lowest BCUT2D eigenvalue weighted by Crippen LogP contribution is -2.63. The topological polar surface area (TPSA) is 90.6 Å². The van der Waals surface area contributed by atoms with Gasteiger partial charge in [-0.1, -0.05) is 0 Å². The van der Waals surface area contributed by atoms with E-state index >= 15 is 0 Å². The summed E-state index contributed by atoms with van der Waals surface area (Å²) in [6.07, 6.45) is 2.51. The van der Waals surface area contributed by atoms with E-state index in [4.69, 9.17) is 0 Å². The van der Waals surface area contributed by atoms with Gasteiger partial charge in [-0.2, -0.15) is 4.31 Å². The summed E-state index contributed by atoms with van der Waals surface area (Å²) in [4.78, 5) is 27.6. The van der Waals surface area contributed by atoms with Crippen LogP contribution < -0.4 is 5.43 Å². The highest BCUT2D eigenvalue weighted by Crippen LogP contribution is 2.27. The van der Waals surface area contributed by atoms with Crippen molar-refractivity contribution in [1.82, 2.24) is 14.2 Å². The molecule has 110 valence electrons. The first kappa shape index (κ1) is 14.7. The highest BCUT2D eigenvalue weighted by molar-refractivity contribution is 7.89. The second-order valence-corrected chi connectivity index (χ2v) is 7.07. The fraction of sp³-hybridized carbons (Fsp3) is 0.500. The molecule has 0 radical (unpaired) electrons. The minimum absolute atomic E-state index is 0.159. The second-order valence-electron chi connectivity index (χ2n) is 5.24. The van der Waals surface area contributed by atoms with Crippen LogP contribution >= 0.6 is 0 Å². The maximum atomic E-state index is 12.6. The molecule has 0 unspecified atom stereocenters. The summed E-state index contributed by atoms with van der Waals surface area (Å²) in [6.45, 7) is 3.54. The average Bonchev–Trinajstić information content (AvgIpc) is 2.36. The van der Waals surface area contributed by atoms with Crippen molar-refractivity contribution in [2.45, 2.75) is 24.3 Å². The molecule has 0 bridgehead atoms. The molecule has 8 heteroatoms. The van der Waals surface area contributed by atoms with Crippen molar-refractivity contribution in [2.75, 3.05) is 20.1 Å². The van der Waals surface area contributed by atoms with Gasteiger partial charge in [0.2, 0.25) is 21.4 Å². The third-order valence-electron chi connectivity index (χ3n) is 3.49. The number of H-pyrrole nitrogens is 1. The third-order valence-corrected chi connectivity index (χ3v) is 5.58. The van der Waals surface area contributed by atoms with Crippen LogP contribution in [0.4, 0.5) is 0 Å². The van der Waals surface area contributed by atoms with Gasteiger partial charge in [0, 0.05) is 38.6 Å². The van der Waals surface area contributed by atoms with Gasteiger partial charge in [-0.25, -0.2) is 8.42 Å². The van der Waals surface area contributed by atoms with Crippen molar-refractivity contribution in [3.05, 3.63) is 28.7 Å². The number of pyridine rings is 1. The number of rotatable bonds is 2. The highest BCUT2D eigenvalue weighted by atomic mass is 32.2. The van der Waals surface area contributed by atoms with Gasteiger partial charge in [-0.15, -0.1) is 0 Å². The van der Waals surface area contributed by atoms with E-state index in [9.17, 15) is 18.0 Å². The van der Waals surface area contributed by atoms with E-state index in [0.717, 1.165) is 16.6 Å². The molecule has 2 heterocycles. The van der Waals surface area contributed by atoms with Crippen LogP contribution in [0.15, 0.2) is 28.2 Å². The molecule has 0 spiro atoms. The first-order valence-corrected chi connectivity index (χ1v) is 7.58. The lowest BCUT2D eigenvalue weighted by Gasteiger charge is -2.43. The molecule has 1 aliphatic rings. The van der Waals surface area contributed by atoms with Crippen LogP contribution in [0.2, 0.25) is 0 Å². The SMILES string of the molecule is CN1CCN(S(=O)(=O)c2c[nH]ccc2=O)C(C)(C)C1=O. The lowest BCUT2D eigenvalue weighted by atomic mass is 10.0. The number of carbonyl (C=O) groups excluding carboxylic acids is 1. The van der Waals surface area contributed by atoms with E-state index in [1.165, 1.54) is 11.1 Å². The number of hydrogen-bond donors (Lipinski definition) is 1. The minimum atomic E-state index is -4.01. The third kappa shape index (κ3) is 2.14. The van der Waals surface area contributed by atoms with Crippen molar-refractivity contribution in [3.63, 3.8) is 0 Å². The number of nitrogens with zero attached hydrogens (tertiary/aromatic N) is 2. The van der Waals surface area contributed by atoms with Crippen molar-refractivity contribution in [3.8, 4) is 0 Å². The number of aromatic nitrogens is 1. The van der Waals surface area contributed by atoms with Crippen LogP contribution in [-0.2, 0) is 14.8 Å². The quantitative estimate of drug-likeness (QED) is 0.805. The monoisotopic (exact) mass is 299 g/mol. The van der Waals surface area contributed by atoms with Crippen molar-refractivity contribution in [2.24, 2.45) is 0 Å². The summed E-state index contributed by atoms with van der Waals surface area (Å²) in [7, 11) is -2.39. The van der Waals surface area contributed by atoms with Crippen molar-refractivity contribution < 1.29 is 13.2 Å². The molecular weight excluding hydrogens is 282 g/mol. The molecule has 0 aliphatic carbocycles. The molecule has 1 aliphatic heterocycles. The number of amides is 1. The lowest BCUT2D eigenvalue weighted by molar-refractivity contribution is -0.142. The number of likely N-dealkylation sites (N-methyl/N-ethyl adjacent to an activating group) is 1. The van der Waals surface area contributed by atoms with E-state index in [1.54, 1.807) is 20.9 Å². The van der Waals surface area contributed by atoms with E-state index in [-0.39, 0.29) is 17.3 Å². The van der Waals surface area contributed by atoms with Crippen molar-refractivity contribution in [1.29, 1.82) is 0 Å². The van der Waals surface area contributed by atoms with E-state index in [1.807, 2.05) is 0 Å². The fourth-order valence-electron chi connectivity index (χ4n) is 2.34. The summed E-state index contributed by atoms with van der Waals surface area (Å²) in [5.74, 6) is -0.292. The molecule has 7 nitrogen and oxygen atoms in total. The Morgan fingerprint density at radius 1 is 1.25 bits per heavy atom. The highest BCUT2D eigenvalue weighted by Gasteiger charge is 2.47. The van der Waals surface area contributed by atoms with Gasteiger partial charge in [-0.3, -0.25) is 9.59 Å². The smallest absolute Gasteiger partial charge is 0.249 e. The average molecular weight is 299 g/mol. The van der Waals surface area contributed by atoms with E-state index in [0.29, 0.717) is 6.54 Å². The molecule has 1 aromatic heterocycles. The number of carbonyl (C=O) groups is 1. The van der Waals surface area contributed by atoms with Gasteiger partial charge in [0.25, 0.3) is 0 Å². The molecule has 1 saturated heterocycles. The Balaban J connectivity index is 2.53. The fourth-order valence-corrected chi connectivity index (χ4v) is 4.12. The Labute approximate surface area is 117 Å². The molecule has 1 amide bonds. The predicted molar refractivity (Wildman–Crippen MR) is 72.7 cm³/mol. The van der Waals surface area contributed by atoms with Gasteiger partial charge >= 0.3 is 0 Å². The molecule has 0 saturated carbocycles. The number of aromatic amines is 1. The number of hydrogen-bond acceptors (Lipinski definition) is 4. The van der Waals surface area contributed by atoms with Gasteiger partial charge < -0.3 is 9.88 Å². The second kappa shape index (κ2) is 4.71. The molecule has 0 atom stereocenters. The standard InChI is InChI=1S/C12H17N3O4S/c1-12(2)11(17)14(3)6-7-15(12)20(18,19)10-8-13-5-4-9(10)16/h4-5,8H,6-7H2,1-3H3,(H,13,16). The normalized spacial score (nSPS) is 20.1.